The number of methoxy groups -OCH3 is 1. The molecule has 6 heteroatoms. The second-order valence-corrected chi connectivity index (χ2v) is 8.01. The van der Waals surface area contributed by atoms with Gasteiger partial charge in [0.2, 0.25) is 0 Å². The van der Waals surface area contributed by atoms with E-state index in [-0.39, 0.29) is 17.7 Å². The lowest BCUT2D eigenvalue weighted by molar-refractivity contribution is 0.0651. The number of rotatable bonds is 8. The Morgan fingerprint density at radius 1 is 0.848 bits per heavy atom. The van der Waals surface area contributed by atoms with Crippen molar-refractivity contribution >= 4 is 23.4 Å². The molecular formula is C27H26N2O4. The van der Waals surface area contributed by atoms with Gasteiger partial charge in [-0.2, -0.15) is 0 Å². The minimum atomic E-state index is -0.254. The lowest BCUT2D eigenvalue weighted by atomic mass is 10.1. The molecule has 3 aromatic carbocycles. The van der Waals surface area contributed by atoms with Crippen LogP contribution in [0.2, 0.25) is 0 Å². The molecule has 0 saturated heterocycles. The Bertz CT molecular complexity index is 1150. The Labute approximate surface area is 193 Å². The maximum Gasteiger partial charge on any atom is 0.262 e. The number of imide groups is 1. The monoisotopic (exact) mass is 442 g/mol. The topological polar surface area (TPSA) is 66.9 Å². The molecule has 3 amide bonds. The van der Waals surface area contributed by atoms with Crippen LogP contribution in [0.1, 0.15) is 49.5 Å². The van der Waals surface area contributed by atoms with E-state index in [0.717, 1.165) is 11.3 Å². The summed E-state index contributed by atoms with van der Waals surface area (Å²) in [5, 5.41) is 0. The fraction of sp³-hybridized carbons (Fsp3) is 0.222. The van der Waals surface area contributed by atoms with Crippen molar-refractivity contribution in [2.75, 3.05) is 25.1 Å². The number of ether oxygens (including phenoxy) is 1. The first-order valence-corrected chi connectivity index (χ1v) is 11.0. The molecule has 33 heavy (non-hydrogen) atoms. The van der Waals surface area contributed by atoms with Gasteiger partial charge in [0.15, 0.2) is 0 Å². The van der Waals surface area contributed by atoms with Crippen molar-refractivity contribution in [2.45, 2.75) is 19.8 Å². The van der Waals surface area contributed by atoms with E-state index in [2.05, 4.69) is 0 Å². The number of carbonyl (C=O) groups excluding carboxylic acids is 3. The van der Waals surface area contributed by atoms with Crippen LogP contribution in [-0.2, 0) is 0 Å². The maximum absolute atomic E-state index is 13.4. The number of anilines is 1. The molecule has 0 radical (unpaired) electrons. The molecule has 1 heterocycles. The van der Waals surface area contributed by atoms with E-state index in [1.54, 1.807) is 48.4 Å². The quantitative estimate of drug-likeness (QED) is 0.374. The van der Waals surface area contributed by atoms with Gasteiger partial charge in [-0.25, -0.2) is 0 Å². The van der Waals surface area contributed by atoms with Crippen molar-refractivity contribution in [3.63, 3.8) is 0 Å². The molecule has 3 aromatic rings. The Morgan fingerprint density at radius 2 is 1.45 bits per heavy atom. The highest BCUT2D eigenvalue weighted by Gasteiger charge is 2.34. The number of benzene rings is 3. The number of amides is 3. The standard InChI is InChI=1S/C27H26N2O4/c1-19-13-15-20(16-14-19)28(27(32)23-11-5-6-12-24(23)33-2)17-7-8-18-29-25(30)21-9-3-4-10-22(21)26(29)31/h3-6,9-16H,7-8,17-18H2,1-2H3. The molecule has 0 atom stereocenters. The zero-order chi connectivity index (χ0) is 23.4. The second kappa shape index (κ2) is 9.69. The van der Waals surface area contributed by atoms with Gasteiger partial charge >= 0.3 is 0 Å². The highest BCUT2D eigenvalue weighted by atomic mass is 16.5. The summed E-state index contributed by atoms with van der Waals surface area (Å²) in [6.07, 6.45) is 1.22. The molecule has 0 aliphatic carbocycles. The van der Waals surface area contributed by atoms with Crippen LogP contribution in [0.15, 0.2) is 72.8 Å². The largest absolute Gasteiger partial charge is 0.496 e. The first-order chi connectivity index (χ1) is 16.0. The van der Waals surface area contributed by atoms with Crippen molar-refractivity contribution in [1.82, 2.24) is 4.90 Å². The fourth-order valence-electron chi connectivity index (χ4n) is 4.02. The lowest BCUT2D eigenvalue weighted by Crippen LogP contribution is -2.34. The number of unbranched alkanes of at least 4 members (excludes halogenated alkanes) is 1. The van der Waals surface area contributed by atoms with Crippen LogP contribution in [-0.4, -0.2) is 42.8 Å². The van der Waals surface area contributed by atoms with Crippen molar-refractivity contribution in [3.8, 4) is 5.75 Å². The molecule has 6 nitrogen and oxygen atoms in total. The maximum atomic E-state index is 13.4. The van der Waals surface area contributed by atoms with Gasteiger partial charge in [-0.05, 0) is 56.2 Å². The molecule has 1 aliphatic rings. The number of carbonyl (C=O) groups is 3. The third-order valence-electron chi connectivity index (χ3n) is 5.82. The highest BCUT2D eigenvalue weighted by Crippen LogP contribution is 2.25. The van der Waals surface area contributed by atoms with Crippen LogP contribution < -0.4 is 9.64 Å². The van der Waals surface area contributed by atoms with Crippen LogP contribution in [0.25, 0.3) is 0 Å². The van der Waals surface area contributed by atoms with Gasteiger partial charge in [0.05, 0.1) is 23.8 Å². The summed E-state index contributed by atoms with van der Waals surface area (Å²) < 4.78 is 5.39. The predicted molar refractivity (Wildman–Crippen MR) is 127 cm³/mol. The van der Waals surface area contributed by atoms with Gasteiger partial charge in [0.25, 0.3) is 17.7 Å². The summed E-state index contributed by atoms with van der Waals surface area (Å²) >= 11 is 0. The van der Waals surface area contributed by atoms with E-state index in [1.807, 2.05) is 43.3 Å². The Kier molecular flexibility index (Phi) is 6.54. The lowest BCUT2D eigenvalue weighted by Gasteiger charge is -2.24. The van der Waals surface area contributed by atoms with E-state index >= 15 is 0 Å². The highest BCUT2D eigenvalue weighted by molar-refractivity contribution is 6.21. The van der Waals surface area contributed by atoms with Crippen LogP contribution in [0.5, 0.6) is 5.75 Å². The Balaban J connectivity index is 1.46. The average Bonchev–Trinajstić information content (AvgIpc) is 3.09. The smallest absolute Gasteiger partial charge is 0.262 e. The SMILES string of the molecule is COc1ccccc1C(=O)N(CCCCN1C(=O)c2ccccc2C1=O)c1ccc(C)cc1. The molecule has 4 rings (SSSR count). The summed E-state index contributed by atoms with van der Waals surface area (Å²) in [6, 6.07) is 21.8. The molecule has 0 spiro atoms. The summed E-state index contributed by atoms with van der Waals surface area (Å²) in [6.45, 7) is 2.76. The molecule has 0 unspecified atom stereocenters. The zero-order valence-electron chi connectivity index (χ0n) is 18.8. The Hall–Kier alpha value is -3.93. The summed E-state index contributed by atoms with van der Waals surface area (Å²) in [5.41, 5.74) is 3.29. The summed E-state index contributed by atoms with van der Waals surface area (Å²) in [7, 11) is 1.55. The van der Waals surface area contributed by atoms with Gasteiger partial charge in [-0.3, -0.25) is 19.3 Å². The van der Waals surface area contributed by atoms with E-state index in [4.69, 9.17) is 4.74 Å². The molecule has 0 fully saturated rings. The zero-order valence-corrected chi connectivity index (χ0v) is 18.8. The summed E-state index contributed by atoms with van der Waals surface area (Å²) in [4.78, 5) is 41.6. The third-order valence-corrected chi connectivity index (χ3v) is 5.82. The van der Waals surface area contributed by atoms with Gasteiger partial charge in [-0.15, -0.1) is 0 Å². The molecule has 0 bridgehead atoms. The van der Waals surface area contributed by atoms with Crippen LogP contribution in [0, 0.1) is 6.92 Å². The van der Waals surface area contributed by atoms with E-state index < -0.39 is 0 Å². The first kappa shape index (κ1) is 22.3. The number of aryl methyl sites for hydroxylation is 1. The number of para-hydroxylation sites is 1. The number of nitrogens with zero attached hydrogens (tertiary/aromatic N) is 2. The van der Waals surface area contributed by atoms with Gasteiger partial charge in [0.1, 0.15) is 5.75 Å². The third kappa shape index (κ3) is 4.51. The molecule has 0 aromatic heterocycles. The van der Waals surface area contributed by atoms with Gasteiger partial charge < -0.3 is 9.64 Å². The molecular weight excluding hydrogens is 416 g/mol. The number of hydrogen-bond acceptors (Lipinski definition) is 4. The van der Waals surface area contributed by atoms with Crippen molar-refractivity contribution in [2.24, 2.45) is 0 Å². The fourth-order valence-corrected chi connectivity index (χ4v) is 4.02. The predicted octanol–water partition coefficient (Wildman–Crippen LogP) is 4.73. The van der Waals surface area contributed by atoms with Crippen molar-refractivity contribution < 1.29 is 19.1 Å². The molecule has 168 valence electrons. The van der Waals surface area contributed by atoms with Crippen molar-refractivity contribution in [3.05, 3.63) is 95.1 Å². The van der Waals surface area contributed by atoms with E-state index in [0.29, 0.717) is 48.4 Å². The van der Waals surface area contributed by atoms with Gasteiger partial charge in [-0.1, -0.05) is 42.0 Å². The molecule has 0 N–H and O–H groups in total. The minimum absolute atomic E-state index is 0.156. The van der Waals surface area contributed by atoms with Crippen molar-refractivity contribution in [1.29, 1.82) is 0 Å². The van der Waals surface area contributed by atoms with Crippen LogP contribution >= 0.6 is 0 Å². The average molecular weight is 443 g/mol. The molecule has 0 saturated carbocycles. The van der Waals surface area contributed by atoms with Gasteiger partial charge in [0, 0.05) is 18.8 Å². The summed E-state index contributed by atoms with van der Waals surface area (Å²) in [5.74, 6) is -0.144. The van der Waals surface area contributed by atoms with E-state index in [1.165, 1.54) is 4.90 Å². The normalized spacial score (nSPS) is 12.6. The van der Waals surface area contributed by atoms with Crippen LogP contribution in [0.4, 0.5) is 5.69 Å². The van der Waals surface area contributed by atoms with Crippen LogP contribution in [0.3, 0.4) is 0 Å². The minimum Gasteiger partial charge on any atom is -0.496 e. The number of fused-ring (bicyclic) bond motifs is 1. The molecule has 1 aliphatic heterocycles. The van der Waals surface area contributed by atoms with E-state index in [9.17, 15) is 14.4 Å². The number of hydrogen-bond donors (Lipinski definition) is 0. The second-order valence-electron chi connectivity index (χ2n) is 8.01. The first-order valence-electron chi connectivity index (χ1n) is 11.0. The Morgan fingerprint density at radius 3 is 2.09 bits per heavy atom.